The molecule has 0 saturated carbocycles. The van der Waals surface area contributed by atoms with Crippen LogP contribution in [0.5, 0.6) is 5.88 Å². The van der Waals surface area contributed by atoms with Crippen LogP contribution in [0.3, 0.4) is 0 Å². The van der Waals surface area contributed by atoms with Crippen molar-refractivity contribution in [3.05, 3.63) is 101 Å². The summed E-state index contributed by atoms with van der Waals surface area (Å²) < 4.78 is 7.20. The van der Waals surface area contributed by atoms with Crippen LogP contribution in [0.1, 0.15) is 46.3 Å². The van der Waals surface area contributed by atoms with Crippen molar-refractivity contribution >= 4 is 23.4 Å². The van der Waals surface area contributed by atoms with Crippen molar-refractivity contribution in [3.8, 4) is 17.0 Å². The summed E-state index contributed by atoms with van der Waals surface area (Å²) in [6, 6.07) is 24.0. The third-order valence-corrected chi connectivity index (χ3v) is 7.34. The average molecular weight is 537 g/mol. The van der Waals surface area contributed by atoms with Crippen LogP contribution in [-0.2, 0) is 13.6 Å². The largest absolute Gasteiger partial charge is 0.414 e. The number of carbonyl (C=O) groups is 2. The van der Waals surface area contributed by atoms with Crippen molar-refractivity contribution in [2.24, 2.45) is 7.05 Å². The van der Waals surface area contributed by atoms with Crippen molar-refractivity contribution in [2.75, 3.05) is 23.3 Å². The number of nitrogens with one attached hydrogen (secondary N) is 2. The predicted octanol–water partition coefficient (Wildman–Crippen LogP) is 6.84. The van der Waals surface area contributed by atoms with Gasteiger partial charge in [0.15, 0.2) is 0 Å². The number of nitrogens with zero attached hydrogens (tertiary/aromatic N) is 2. The first kappa shape index (κ1) is 27.1. The van der Waals surface area contributed by atoms with Gasteiger partial charge in [0.1, 0.15) is 0 Å². The second-order valence-corrected chi connectivity index (χ2v) is 10.5. The molecule has 0 aliphatic carbocycles. The Labute approximate surface area is 235 Å². The molecule has 0 spiro atoms. The minimum atomic E-state index is -0.562. The van der Waals surface area contributed by atoms with E-state index in [1.165, 1.54) is 12.0 Å². The summed E-state index contributed by atoms with van der Waals surface area (Å²) in [5, 5.41) is 5.78. The van der Waals surface area contributed by atoms with Gasteiger partial charge in [0.05, 0.1) is 16.9 Å². The van der Waals surface area contributed by atoms with E-state index in [0.717, 1.165) is 53.9 Å². The maximum Gasteiger partial charge on any atom is 0.414 e. The first-order chi connectivity index (χ1) is 19.4. The zero-order valence-corrected chi connectivity index (χ0v) is 23.4. The maximum atomic E-state index is 13.3. The maximum absolute atomic E-state index is 13.3. The van der Waals surface area contributed by atoms with Crippen molar-refractivity contribution in [1.29, 1.82) is 0 Å². The number of hydrogen-bond donors (Lipinski definition) is 2. The molecule has 5 rings (SSSR count). The van der Waals surface area contributed by atoms with Gasteiger partial charge in [0.25, 0.3) is 5.91 Å². The summed E-state index contributed by atoms with van der Waals surface area (Å²) in [6.45, 7) is 6.38. The zero-order valence-electron chi connectivity index (χ0n) is 23.4. The number of benzene rings is 3. The summed E-state index contributed by atoms with van der Waals surface area (Å²) >= 11 is 0. The topological polar surface area (TPSA) is 75.6 Å². The van der Waals surface area contributed by atoms with Gasteiger partial charge in [-0.15, -0.1) is 0 Å². The van der Waals surface area contributed by atoms with Gasteiger partial charge in [-0.1, -0.05) is 66.2 Å². The van der Waals surface area contributed by atoms with Crippen LogP contribution in [0, 0.1) is 13.8 Å². The van der Waals surface area contributed by atoms with E-state index in [1.54, 1.807) is 23.9 Å². The van der Waals surface area contributed by atoms with Gasteiger partial charge in [-0.2, -0.15) is 0 Å². The Morgan fingerprint density at radius 3 is 2.25 bits per heavy atom. The van der Waals surface area contributed by atoms with Gasteiger partial charge in [-0.3, -0.25) is 4.79 Å². The standard InChI is InChI=1S/C33H36N4O3/c1-23-10-14-26(15-11-23)27-16-12-25(13-17-27)21-34-33(39)40-30-20-28(22-36(30)3)35-32(38)29-9-7-8-24(2)31(29)37-18-5-4-6-19-37/h7-17,20,22H,4-6,18-19,21H2,1-3H3,(H,34,39)(H,35,38). The van der Waals surface area contributed by atoms with E-state index in [-0.39, 0.29) is 5.91 Å². The number of rotatable bonds is 7. The van der Waals surface area contributed by atoms with Gasteiger partial charge in [-0.05, 0) is 61.4 Å². The molecule has 1 aromatic heterocycles. The highest BCUT2D eigenvalue weighted by atomic mass is 16.6. The Hall–Kier alpha value is -4.52. The second-order valence-electron chi connectivity index (χ2n) is 10.5. The lowest BCUT2D eigenvalue weighted by molar-refractivity contribution is 0.102. The molecule has 1 aliphatic heterocycles. The Kier molecular flexibility index (Phi) is 8.20. The predicted molar refractivity (Wildman–Crippen MR) is 160 cm³/mol. The molecule has 3 aromatic carbocycles. The highest BCUT2D eigenvalue weighted by Crippen LogP contribution is 2.29. The average Bonchev–Trinajstić information content (AvgIpc) is 3.30. The molecule has 2 amide bonds. The molecule has 0 unspecified atom stereocenters. The molecule has 0 radical (unpaired) electrons. The number of anilines is 2. The Balaban J connectivity index is 1.18. The van der Waals surface area contributed by atoms with Crippen LogP contribution < -0.4 is 20.3 Å². The first-order valence-electron chi connectivity index (χ1n) is 13.8. The fraction of sp³-hybridized carbons (Fsp3) is 0.273. The quantitative estimate of drug-likeness (QED) is 0.271. The van der Waals surface area contributed by atoms with Crippen molar-refractivity contribution < 1.29 is 14.3 Å². The SMILES string of the molecule is Cc1ccc(-c2ccc(CNC(=O)Oc3cc(NC(=O)c4cccc(C)c4N4CCCCC4)cn3C)cc2)cc1. The minimum Gasteiger partial charge on any atom is -0.393 e. The Morgan fingerprint density at radius 2 is 1.55 bits per heavy atom. The number of carbonyl (C=O) groups excluding carboxylic acids is 2. The van der Waals surface area contributed by atoms with Crippen LogP contribution in [0.4, 0.5) is 16.2 Å². The molecule has 0 atom stereocenters. The molecule has 0 bridgehead atoms. The third kappa shape index (κ3) is 6.37. The summed E-state index contributed by atoms with van der Waals surface area (Å²) in [6.07, 6.45) is 4.67. The molecule has 2 N–H and O–H groups in total. The monoisotopic (exact) mass is 536 g/mol. The minimum absolute atomic E-state index is 0.181. The van der Waals surface area contributed by atoms with Crippen molar-refractivity contribution in [2.45, 2.75) is 39.7 Å². The second kappa shape index (κ2) is 12.1. The van der Waals surface area contributed by atoms with Crippen LogP contribution in [0.25, 0.3) is 11.1 Å². The molecule has 1 fully saturated rings. The zero-order chi connectivity index (χ0) is 28.1. The molecule has 4 aromatic rings. The number of ether oxygens (including phenoxy) is 1. The third-order valence-electron chi connectivity index (χ3n) is 7.34. The Bertz CT molecular complexity index is 1480. The van der Waals surface area contributed by atoms with Gasteiger partial charge >= 0.3 is 6.09 Å². The lowest BCUT2D eigenvalue weighted by Crippen LogP contribution is -2.32. The van der Waals surface area contributed by atoms with Crippen LogP contribution in [0.15, 0.2) is 79.0 Å². The fourth-order valence-corrected chi connectivity index (χ4v) is 5.16. The lowest BCUT2D eigenvalue weighted by atomic mass is 10.0. The first-order valence-corrected chi connectivity index (χ1v) is 13.8. The molecule has 1 saturated heterocycles. The normalized spacial score (nSPS) is 13.1. The summed E-state index contributed by atoms with van der Waals surface area (Å²) in [7, 11) is 1.77. The van der Waals surface area contributed by atoms with Crippen LogP contribution in [0.2, 0.25) is 0 Å². The molecule has 7 heteroatoms. The van der Waals surface area contributed by atoms with Gasteiger partial charge < -0.3 is 24.8 Å². The van der Waals surface area contributed by atoms with Gasteiger partial charge in [-0.25, -0.2) is 4.79 Å². The van der Waals surface area contributed by atoms with E-state index in [4.69, 9.17) is 4.74 Å². The van der Waals surface area contributed by atoms with E-state index in [1.807, 2.05) is 49.4 Å². The number of para-hydroxylation sites is 1. The molecule has 2 heterocycles. The number of amides is 2. The van der Waals surface area contributed by atoms with E-state index < -0.39 is 6.09 Å². The van der Waals surface area contributed by atoms with Gasteiger partial charge in [0, 0.05) is 38.9 Å². The molecular weight excluding hydrogens is 500 g/mol. The number of hydrogen-bond acceptors (Lipinski definition) is 4. The highest BCUT2D eigenvalue weighted by molar-refractivity contribution is 6.08. The number of piperidine rings is 1. The summed E-state index contributed by atoms with van der Waals surface area (Å²) in [4.78, 5) is 28.1. The molecule has 206 valence electrons. The number of aryl methyl sites for hydroxylation is 3. The van der Waals surface area contributed by atoms with Crippen molar-refractivity contribution in [1.82, 2.24) is 9.88 Å². The number of aromatic nitrogens is 1. The molecule has 40 heavy (non-hydrogen) atoms. The summed E-state index contributed by atoms with van der Waals surface area (Å²) in [5.74, 6) is 0.156. The lowest BCUT2D eigenvalue weighted by Gasteiger charge is -2.31. The molecule has 7 nitrogen and oxygen atoms in total. The van der Waals surface area contributed by atoms with Crippen LogP contribution >= 0.6 is 0 Å². The van der Waals surface area contributed by atoms with Crippen molar-refractivity contribution in [3.63, 3.8) is 0 Å². The molecule has 1 aliphatic rings. The highest BCUT2D eigenvalue weighted by Gasteiger charge is 2.21. The smallest absolute Gasteiger partial charge is 0.393 e. The summed E-state index contributed by atoms with van der Waals surface area (Å²) in [5.41, 5.74) is 7.78. The van der Waals surface area contributed by atoms with E-state index in [0.29, 0.717) is 23.7 Å². The van der Waals surface area contributed by atoms with Crippen LogP contribution in [-0.4, -0.2) is 29.7 Å². The Morgan fingerprint density at radius 1 is 0.875 bits per heavy atom. The van der Waals surface area contributed by atoms with E-state index >= 15 is 0 Å². The molecular formula is C33H36N4O3. The van der Waals surface area contributed by atoms with Gasteiger partial charge in [0.2, 0.25) is 5.88 Å². The fourth-order valence-electron chi connectivity index (χ4n) is 5.16. The van der Waals surface area contributed by atoms with E-state index in [9.17, 15) is 9.59 Å². The van der Waals surface area contributed by atoms with E-state index in [2.05, 4.69) is 46.7 Å².